The van der Waals surface area contributed by atoms with Gasteiger partial charge < -0.3 is 19.2 Å². The number of aryl methyl sites for hydroxylation is 2. The second-order valence-corrected chi connectivity index (χ2v) is 6.09. The summed E-state index contributed by atoms with van der Waals surface area (Å²) in [5.41, 5.74) is 1.91. The molecule has 1 aromatic heterocycles. The largest absolute Gasteiger partial charge is 0.441 e. The van der Waals surface area contributed by atoms with E-state index in [-0.39, 0.29) is 5.57 Å². The summed E-state index contributed by atoms with van der Waals surface area (Å²) in [5, 5.41) is 2.93. The molecule has 0 aliphatic carbocycles. The molecule has 130 valence electrons. The van der Waals surface area contributed by atoms with Crippen LogP contribution in [-0.2, 0) is 19.1 Å². The first-order valence-electron chi connectivity index (χ1n) is 7.73. The van der Waals surface area contributed by atoms with Crippen LogP contribution in [0.25, 0.3) is 11.5 Å². The lowest BCUT2D eigenvalue weighted by atomic mass is 10.1. The Balaban J connectivity index is 1.89. The molecule has 7 nitrogen and oxygen atoms in total. The summed E-state index contributed by atoms with van der Waals surface area (Å²) in [6.45, 7) is 6.68. The van der Waals surface area contributed by atoms with Gasteiger partial charge in [-0.3, -0.25) is 0 Å². The van der Waals surface area contributed by atoms with E-state index in [4.69, 9.17) is 13.9 Å². The Morgan fingerprint density at radius 1 is 1.08 bits per heavy atom. The molecular weight excluding hydrogens is 324 g/mol. The van der Waals surface area contributed by atoms with Crippen molar-refractivity contribution in [2.24, 2.45) is 0 Å². The number of carbonyl (C=O) groups is 2. The van der Waals surface area contributed by atoms with Crippen molar-refractivity contribution in [3.05, 3.63) is 47.5 Å². The summed E-state index contributed by atoms with van der Waals surface area (Å²) in [7, 11) is 0. The van der Waals surface area contributed by atoms with E-state index in [2.05, 4.69) is 10.3 Å². The van der Waals surface area contributed by atoms with Crippen LogP contribution in [0.5, 0.6) is 0 Å². The Morgan fingerprint density at radius 2 is 1.72 bits per heavy atom. The lowest BCUT2D eigenvalue weighted by Crippen LogP contribution is -2.42. The number of nitrogens with zero attached hydrogens (tertiary/aromatic N) is 1. The minimum Gasteiger partial charge on any atom is -0.441 e. The fraction of sp³-hybridized carbons (Fsp3) is 0.278. The van der Waals surface area contributed by atoms with Crippen LogP contribution in [0.3, 0.4) is 0 Å². The van der Waals surface area contributed by atoms with E-state index >= 15 is 0 Å². The van der Waals surface area contributed by atoms with Crippen molar-refractivity contribution < 1.29 is 23.5 Å². The summed E-state index contributed by atoms with van der Waals surface area (Å²) in [4.78, 5) is 28.3. The van der Waals surface area contributed by atoms with Crippen LogP contribution in [0.4, 0.5) is 5.69 Å². The summed E-state index contributed by atoms with van der Waals surface area (Å²) < 4.78 is 15.8. The van der Waals surface area contributed by atoms with Gasteiger partial charge in [0.2, 0.25) is 5.89 Å². The second-order valence-electron chi connectivity index (χ2n) is 6.09. The van der Waals surface area contributed by atoms with Gasteiger partial charge in [-0.05, 0) is 26.0 Å². The number of nitrogens with one attached hydrogen (secondary N) is 1. The van der Waals surface area contributed by atoms with E-state index < -0.39 is 17.7 Å². The first kappa shape index (κ1) is 16.8. The highest BCUT2D eigenvalue weighted by atomic mass is 16.7. The molecule has 1 aliphatic rings. The fourth-order valence-electron chi connectivity index (χ4n) is 2.31. The lowest BCUT2D eigenvalue weighted by molar-refractivity contribution is -0.222. The van der Waals surface area contributed by atoms with Gasteiger partial charge in [0.15, 0.2) is 5.57 Å². The smallest absolute Gasteiger partial charge is 0.350 e. The number of anilines is 1. The fourth-order valence-corrected chi connectivity index (χ4v) is 2.31. The van der Waals surface area contributed by atoms with Crippen molar-refractivity contribution in [2.75, 3.05) is 5.32 Å². The second kappa shape index (κ2) is 6.08. The molecule has 0 unspecified atom stereocenters. The van der Waals surface area contributed by atoms with Gasteiger partial charge in [0.25, 0.3) is 5.79 Å². The molecule has 0 radical (unpaired) electrons. The number of hydrogen-bond acceptors (Lipinski definition) is 7. The molecule has 0 atom stereocenters. The third-order valence-corrected chi connectivity index (χ3v) is 3.67. The maximum Gasteiger partial charge on any atom is 0.350 e. The first-order valence-corrected chi connectivity index (χ1v) is 7.73. The maximum absolute atomic E-state index is 12.0. The summed E-state index contributed by atoms with van der Waals surface area (Å²) >= 11 is 0. The minimum absolute atomic E-state index is 0.214. The molecule has 3 rings (SSSR count). The minimum atomic E-state index is -1.27. The molecule has 2 aromatic rings. The van der Waals surface area contributed by atoms with Gasteiger partial charge in [0.1, 0.15) is 5.76 Å². The lowest BCUT2D eigenvalue weighted by Gasteiger charge is -2.29. The highest BCUT2D eigenvalue weighted by Crippen LogP contribution is 2.29. The van der Waals surface area contributed by atoms with E-state index in [1.807, 2.05) is 32.0 Å². The van der Waals surface area contributed by atoms with E-state index in [1.165, 1.54) is 20.0 Å². The quantitative estimate of drug-likeness (QED) is 0.521. The number of para-hydroxylation sites is 1. The van der Waals surface area contributed by atoms with Crippen LogP contribution in [0, 0.1) is 13.8 Å². The average molecular weight is 342 g/mol. The third kappa shape index (κ3) is 3.40. The van der Waals surface area contributed by atoms with Gasteiger partial charge in [-0.25, -0.2) is 14.6 Å². The molecule has 25 heavy (non-hydrogen) atoms. The Morgan fingerprint density at radius 3 is 2.32 bits per heavy atom. The van der Waals surface area contributed by atoms with Crippen molar-refractivity contribution in [1.29, 1.82) is 0 Å². The molecule has 0 spiro atoms. The molecule has 1 aromatic carbocycles. The summed E-state index contributed by atoms with van der Waals surface area (Å²) in [6.07, 6.45) is 1.27. The Bertz CT molecular complexity index is 838. The van der Waals surface area contributed by atoms with Crippen molar-refractivity contribution in [3.8, 4) is 11.5 Å². The van der Waals surface area contributed by atoms with Gasteiger partial charge >= 0.3 is 11.9 Å². The zero-order chi connectivity index (χ0) is 18.2. The Kier molecular flexibility index (Phi) is 4.08. The molecule has 0 saturated carbocycles. The van der Waals surface area contributed by atoms with Crippen LogP contribution < -0.4 is 5.32 Å². The first-order chi connectivity index (χ1) is 11.8. The zero-order valence-corrected chi connectivity index (χ0v) is 14.4. The van der Waals surface area contributed by atoms with Crippen LogP contribution in [0.2, 0.25) is 0 Å². The van der Waals surface area contributed by atoms with E-state index in [9.17, 15) is 9.59 Å². The van der Waals surface area contributed by atoms with Gasteiger partial charge in [0, 0.05) is 20.0 Å². The average Bonchev–Trinajstić information content (AvgIpc) is 2.85. The number of cyclic esters (lactones) is 2. The SMILES string of the molecule is Cc1nc(-c2ccccc2NC=C2C(=O)OC(C)(C)OC2=O)oc1C. The Hall–Kier alpha value is -3.09. The molecule has 2 heterocycles. The monoisotopic (exact) mass is 342 g/mol. The molecular formula is C18H18N2O5. The van der Waals surface area contributed by atoms with Crippen LogP contribution in [0.15, 0.2) is 40.5 Å². The Labute approximate surface area is 144 Å². The molecule has 1 fully saturated rings. The number of rotatable bonds is 3. The maximum atomic E-state index is 12.0. The van der Waals surface area contributed by atoms with Gasteiger partial charge in [-0.1, -0.05) is 12.1 Å². The number of aromatic nitrogens is 1. The molecule has 1 aliphatic heterocycles. The number of esters is 2. The number of benzene rings is 1. The van der Waals surface area contributed by atoms with Gasteiger partial charge in [0.05, 0.1) is 16.9 Å². The van der Waals surface area contributed by atoms with Gasteiger partial charge in [-0.15, -0.1) is 0 Å². The molecule has 7 heteroatoms. The topological polar surface area (TPSA) is 90.7 Å². The van der Waals surface area contributed by atoms with E-state index in [1.54, 1.807) is 6.07 Å². The normalized spacial score (nSPS) is 16.2. The van der Waals surface area contributed by atoms with Crippen molar-refractivity contribution in [2.45, 2.75) is 33.5 Å². The number of oxazole rings is 1. The van der Waals surface area contributed by atoms with Crippen LogP contribution in [-0.4, -0.2) is 22.7 Å². The number of hydrogen-bond donors (Lipinski definition) is 1. The molecule has 0 bridgehead atoms. The molecule has 1 N–H and O–H groups in total. The predicted octanol–water partition coefficient (Wildman–Crippen LogP) is 3.09. The number of ether oxygens (including phenoxy) is 2. The summed E-state index contributed by atoms with van der Waals surface area (Å²) in [5.74, 6) is -1.57. The molecule has 0 amide bonds. The number of carbonyl (C=O) groups excluding carboxylic acids is 2. The molecule has 1 saturated heterocycles. The van der Waals surface area contributed by atoms with E-state index in [0.717, 1.165) is 11.5 Å². The van der Waals surface area contributed by atoms with Crippen molar-refractivity contribution >= 4 is 17.6 Å². The third-order valence-electron chi connectivity index (χ3n) is 3.67. The summed E-state index contributed by atoms with van der Waals surface area (Å²) in [6, 6.07) is 7.26. The standard InChI is InChI=1S/C18H18N2O5/c1-10-11(2)23-15(20-10)12-7-5-6-8-14(12)19-9-13-16(21)24-18(3,4)25-17(13)22/h5-9,19H,1-4H3. The van der Waals surface area contributed by atoms with E-state index in [0.29, 0.717) is 17.1 Å². The van der Waals surface area contributed by atoms with Crippen molar-refractivity contribution in [3.63, 3.8) is 0 Å². The van der Waals surface area contributed by atoms with Crippen LogP contribution in [0.1, 0.15) is 25.3 Å². The highest BCUT2D eigenvalue weighted by Gasteiger charge is 2.39. The van der Waals surface area contributed by atoms with Crippen molar-refractivity contribution in [1.82, 2.24) is 4.98 Å². The zero-order valence-electron chi connectivity index (χ0n) is 14.4. The van der Waals surface area contributed by atoms with Gasteiger partial charge in [-0.2, -0.15) is 0 Å². The highest BCUT2D eigenvalue weighted by molar-refractivity contribution is 6.15. The predicted molar refractivity (Wildman–Crippen MR) is 89.4 cm³/mol. The van der Waals surface area contributed by atoms with Crippen LogP contribution >= 0.6 is 0 Å².